The number of carboxylic acid groups (broad SMARTS) is 1. The number of carbonyl (C=O) groups is 1. The van der Waals surface area contributed by atoms with Crippen LogP contribution in [0.15, 0.2) is 40.8 Å². The van der Waals surface area contributed by atoms with Crippen LogP contribution in [0.1, 0.15) is 0 Å². The molecule has 0 bridgehead atoms. The predicted molar refractivity (Wildman–Crippen MR) is 76.0 cm³/mol. The van der Waals surface area contributed by atoms with E-state index in [1.165, 1.54) is 12.3 Å². The van der Waals surface area contributed by atoms with Crippen molar-refractivity contribution in [1.29, 1.82) is 0 Å². The molecule has 0 fully saturated rings. The third-order valence-corrected chi connectivity index (χ3v) is 3.62. The van der Waals surface area contributed by atoms with E-state index in [0.29, 0.717) is 16.7 Å². The van der Waals surface area contributed by atoms with Gasteiger partial charge in [0.25, 0.3) is 0 Å². The van der Waals surface area contributed by atoms with Crippen molar-refractivity contribution < 1.29 is 14.3 Å². The van der Waals surface area contributed by atoms with Crippen molar-refractivity contribution in [1.82, 2.24) is 9.97 Å². The number of hydrogen-bond acceptors (Lipinski definition) is 3. The zero-order valence-corrected chi connectivity index (χ0v) is 11.7. The number of nitrogens with zero attached hydrogens (tertiary/aromatic N) is 2. The minimum absolute atomic E-state index is 0.171. The van der Waals surface area contributed by atoms with Gasteiger partial charge >= 0.3 is 5.97 Å². The number of hydrogen-bond donors (Lipinski definition) is 2. The van der Waals surface area contributed by atoms with Crippen LogP contribution in [-0.2, 0) is 4.79 Å². The molecule has 0 aromatic carbocycles. The fourth-order valence-electron chi connectivity index (χ4n) is 2.10. The van der Waals surface area contributed by atoms with Gasteiger partial charge in [-0.05, 0) is 28.1 Å². The van der Waals surface area contributed by atoms with Gasteiger partial charge in [0.05, 0.1) is 27.7 Å². The Morgan fingerprint density at radius 2 is 2.35 bits per heavy atom. The second kappa shape index (κ2) is 4.75. The molecular weight excluding hydrogens is 329 g/mol. The summed E-state index contributed by atoms with van der Waals surface area (Å²) < 4.78 is 14.5. The van der Waals surface area contributed by atoms with Crippen LogP contribution >= 0.6 is 15.9 Å². The highest BCUT2D eigenvalue weighted by atomic mass is 79.9. The topological polar surface area (TPSA) is 69.2 Å². The lowest BCUT2D eigenvalue weighted by Crippen LogP contribution is -2.24. The standard InChI is InChI=1S/C13H9BrFN3O2/c14-8-4-16-12-10(11(8)15)9(5-17-12)18-3-1-2-7(6-18)13(19)20/h1-5H,6H2,(H,16,17)(H,19,20). The molecule has 0 amide bonds. The van der Waals surface area contributed by atoms with E-state index in [2.05, 4.69) is 25.9 Å². The van der Waals surface area contributed by atoms with Crippen molar-refractivity contribution >= 4 is 38.6 Å². The number of aromatic nitrogens is 2. The van der Waals surface area contributed by atoms with E-state index < -0.39 is 11.8 Å². The van der Waals surface area contributed by atoms with Gasteiger partial charge < -0.3 is 15.0 Å². The zero-order valence-electron chi connectivity index (χ0n) is 10.1. The molecule has 5 nitrogen and oxygen atoms in total. The van der Waals surface area contributed by atoms with Gasteiger partial charge in [0.1, 0.15) is 5.65 Å². The summed E-state index contributed by atoms with van der Waals surface area (Å²) in [6, 6.07) is 0. The Hall–Kier alpha value is -2.15. The van der Waals surface area contributed by atoms with Gasteiger partial charge in [0.2, 0.25) is 0 Å². The lowest BCUT2D eigenvalue weighted by atomic mass is 10.1. The third-order valence-electron chi connectivity index (χ3n) is 3.06. The normalized spacial score (nSPS) is 14.7. The van der Waals surface area contributed by atoms with Crippen molar-refractivity contribution in [3.8, 4) is 0 Å². The van der Waals surface area contributed by atoms with Crippen LogP contribution in [0.3, 0.4) is 0 Å². The molecule has 2 aromatic heterocycles. The Kier molecular flexibility index (Phi) is 3.06. The minimum atomic E-state index is -0.987. The van der Waals surface area contributed by atoms with Crippen molar-refractivity contribution in [3.05, 3.63) is 46.6 Å². The zero-order chi connectivity index (χ0) is 14.3. The molecule has 0 saturated heterocycles. The summed E-state index contributed by atoms with van der Waals surface area (Å²) in [5, 5.41) is 9.36. The molecule has 0 saturated carbocycles. The second-order valence-electron chi connectivity index (χ2n) is 4.28. The molecule has 2 N–H and O–H groups in total. The Morgan fingerprint density at radius 1 is 1.55 bits per heavy atom. The first-order chi connectivity index (χ1) is 9.58. The van der Waals surface area contributed by atoms with Crippen LogP contribution in [0.4, 0.5) is 10.1 Å². The van der Waals surface area contributed by atoms with E-state index in [-0.39, 0.29) is 16.6 Å². The van der Waals surface area contributed by atoms with Gasteiger partial charge in [-0.3, -0.25) is 0 Å². The Balaban J connectivity index is 2.08. The number of allylic oxidation sites excluding steroid dienone is 2. The summed E-state index contributed by atoms with van der Waals surface area (Å²) in [6.07, 6.45) is 7.84. The molecule has 0 unspecified atom stereocenters. The summed E-state index contributed by atoms with van der Waals surface area (Å²) >= 11 is 3.10. The Morgan fingerprint density at radius 3 is 3.10 bits per heavy atom. The fourth-order valence-corrected chi connectivity index (χ4v) is 2.40. The second-order valence-corrected chi connectivity index (χ2v) is 5.14. The van der Waals surface area contributed by atoms with Gasteiger partial charge in [-0.25, -0.2) is 14.2 Å². The maximum Gasteiger partial charge on any atom is 0.333 e. The number of nitrogens with one attached hydrogen (secondary N) is 1. The average Bonchev–Trinajstić information content (AvgIpc) is 2.87. The number of halogens is 2. The molecule has 0 atom stereocenters. The van der Waals surface area contributed by atoms with Crippen molar-refractivity contribution in [2.45, 2.75) is 0 Å². The van der Waals surface area contributed by atoms with Gasteiger partial charge in [0, 0.05) is 18.6 Å². The number of fused-ring (bicyclic) bond motifs is 1. The van der Waals surface area contributed by atoms with E-state index in [9.17, 15) is 9.18 Å². The number of pyridine rings is 1. The highest BCUT2D eigenvalue weighted by Gasteiger charge is 2.20. The molecule has 2 aromatic rings. The summed E-state index contributed by atoms with van der Waals surface area (Å²) in [5.74, 6) is -1.41. The van der Waals surface area contributed by atoms with Crippen molar-refractivity contribution in [2.75, 3.05) is 11.4 Å². The number of anilines is 1. The Labute approximate surface area is 121 Å². The van der Waals surface area contributed by atoms with Crippen LogP contribution in [0.25, 0.3) is 11.0 Å². The predicted octanol–water partition coefficient (Wildman–Crippen LogP) is 2.81. The average molecular weight is 338 g/mol. The summed E-state index contributed by atoms with van der Waals surface area (Å²) in [4.78, 5) is 19.7. The van der Waals surface area contributed by atoms with E-state index in [1.54, 1.807) is 23.4 Å². The lowest BCUT2D eigenvalue weighted by molar-refractivity contribution is -0.132. The quantitative estimate of drug-likeness (QED) is 0.884. The van der Waals surface area contributed by atoms with E-state index in [0.717, 1.165) is 0 Å². The molecule has 7 heteroatoms. The van der Waals surface area contributed by atoms with E-state index in [4.69, 9.17) is 5.11 Å². The van der Waals surface area contributed by atoms with Gasteiger partial charge in [-0.15, -0.1) is 0 Å². The molecule has 20 heavy (non-hydrogen) atoms. The van der Waals surface area contributed by atoms with Gasteiger partial charge in [0.15, 0.2) is 5.82 Å². The maximum atomic E-state index is 14.2. The third kappa shape index (κ3) is 2.00. The SMILES string of the molecule is O=C(O)C1=CC=CN(c2c[nH]c3ncc(Br)c(F)c23)C1. The summed E-state index contributed by atoms with van der Waals surface area (Å²) in [5.41, 5.74) is 1.21. The molecule has 0 radical (unpaired) electrons. The van der Waals surface area contributed by atoms with Crippen LogP contribution < -0.4 is 4.90 Å². The van der Waals surface area contributed by atoms with E-state index >= 15 is 0 Å². The summed E-state index contributed by atoms with van der Waals surface area (Å²) in [7, 11) is 0. The molecule has 0 spiro atoms. The van der Waals surface area contributed by atoms with Crippen LogP contribution in [0.2, 0.25) is 0 Å². The highest BCUT2D eigenvalue weighted by Crippen LogP contribution is 2.32. The van der Waals surface area contributed by atoms with Gasteiger partial charge in [-0.2, -0.15) is 0 Å². The molecule has 1 aliphatic rings. The number of H-pyrrole nitrogens is 1. The highest BCUT2D eigenvalue weighted by molar-refractivity contribution is 9.10. The number of aromatic amines is 1. The molecule has 3 rings (SSSR count). The minimum Gasteiger partial charge on any atom is -0.478 e. The molecular formula is C13H9BrFN3O2. The number of aliphatic carboxylic acids is 1. The molecule has 3 heterocycles. The molecule has 0 aliphatic carbocycles. The van der Waals surface area contributed by atoms with Gasteiger partial charge in [-0.1, -0.05) is 0 Å². The number of rotatable bonds is 2. The monoisotopic (exact) mass is 337 g/mol. The Bertz CT molecular complexity index is 766. The van der Waals surface area contributed by atoms with Crippen LogP contribution in [0.5, 0.6) is 0 Å². The number of carboxylic acids is 1. The largest absolute Gasteiger partial charge is 0.478 e. The lowest BCUT2D eigenvalue weighted by Gasteiger charge is -2.22. The van der Waals surface area contributed by atoms with Crippen LogP contribution in [0, 0.1) is 5.82 Å². The maximum absolute atomic E-state index is 14.2. The summed E-state index contributed by atoms with van der Waals surface area (Å²) in [6.45, 7) is 0.171. The fraction of sp³-hybridized carbons (Fsp3) is 0.0769. The van der Waals surface area contributed by atoms with Crippen molar-refractivity contribution in [2.24, 2.45) is 0 Å². The van der Waals surface area contributed by atoms with Crippen molar-refractivity contribution in [3.63, 3.8) is 0 Å². The van der Waals surface area contributed by atoms with E-state index in [1.807, 2.05) is 0 Å². The first kappa shape index (κ1) is 12.9. The molecule has 1 aliphatic heterocycles. The molecule has 102 valence electrons. The first-order valence-electron chi connectivity index (χ1n) is 5.76. The first-order valence-corrected chi connectivity index (χ1v) is 6.55. The smallest absolute Gasteiger partial charge is 0.333 e. The van der Waals surface area contributed by atoms with Crippen LogP contribution in [-0.4, -0.2) is 27.6 Å².